The molecule has 106 valence electrons. The molecule has 0 radical (unpaired) electrons. The number of carbonyl (C=O) groups is 2. The Bertz CT molecular complexity index is 618. The van der Waals surface area contributed by atoms with Gasteiger partial charge in [0.1, 0.15) is 17.0 Å². The first kappa shape index (κ1) is 14.2. The van der Waals surface area contributed by atoms with Crippen LogP contribution >= 0.6 is 11.3 Å². The van der Waals surface area contributed by atoms with E-state index in [-0.39, 0.29) is 5.69 Å². The van der Waals surface area contributed by atoms with Crippen molar-refractivity contribution in [2.45, 2.75) is 12.5 Å². The van der Waals surface area contributed by atoms with E-state index in [1.165, 1.54) is 23.9 Å². The molecule has 1 atom stereocenters. The highest BCUT2D eigenvalue weighted by Gasteiger charge is 2.30. The van der Waals surface area contributed by atoms with Gasteiger partial charge in [0, 0.05) is 10.9 Å². The van der Waals surface area contributed by atoms with Crippen LogP contribution in [-0.2, 0) is 4.79 Å². The molecule has 8 heteroatoms. The molecule has 0 aliphatic rings. The molecule has 2 heterocycles. The number of thiazole rings is 1. The fourth-order valence-corrected chi connectivity index (χ4v) is 2.10. The van der Waals surface area contributed by atoms with Crippen molar-refractivity contribution >= 4 is 23.2 Å². The van der Waals surface area contributed by atoms with Crippen LogP contribution in [0.1, 0.15) is 17.4 Å². The van der Waals surface area contributed by atoms with Crippen LogP contribution in [-0.4, -0.2) is 39.2 Å². The first-order valence-corrected chi connectivity index (χ1v) is 6.50. The van der Waals surface area contributed by atoms with Gasteiger partial charge in [-0.1, -0.05) is 0 Å². The number of nitrogens with zero attached hydrogens (tertiary/aromatic N) is 1. The van der Waals surface area contributed by atoms with Crippen molar-refractivity contribution in [3.8, 4) is 10.6 Å². The summed E-state index contributed by atoms with van der Waals surface area (Å²) in [6.07, 6.45) is 3.01. The molecule has 2 aromatic rings. The molecular weight excluding hydrogens is 284 g/mol. The summed E-state index contributed by atoms with van der Waals surface area (Å²) in [4.78, 5) is 26.6. The average molecular weight is 296 g/mol. The van der Waals surface area contributed by atoms with Gasteiger partial charge in [0.2, 0.25) is 0 Å². The second-order valence-electron chi connectivity index (χ2n) is 4.31. The van der Waals surface area contributed by atoms with Crippen LogP contribution in [0.25, 0.3) is 10.6 Å². The summed E-state index contributed by atoms with van der Waals surface area (Å²) < 4.78 is 4.92. The van der Waals surface area contributed by atoms with Crippen LogP contribution in [0, 0.1) is 0 Å². The summed E-state index contributed by atoms with van der Waals surface area (Å²) in [5.74, 6) is -1.95. The molecule has 20 heavy (non-hydrogen) atoms. The average Bonchev–Trinajstić information content (AvgIpc) is 3.05. The summed E-state index contributed by atoms with van der Waals surface area (Å²) in [7, 11) is 0. The number of amides is 1. The smallest absolute Gasteiger partial charge is 0.337 e. The van der Waals surface area contributed by atoms with Crippen molar-refractivity contribution in [2.75, 3.05) is 6.54 Å². The van der Waals surface area contributed by atoms with Crippen molar-refractivity contribution in [2.24, 2.45) is 0 Å². The van der Waals surface area contributed by atoms with Gasteiger partial charge in [-0.2, -0.15) is 0 Å². The van der Waals surface area contributed by atoms with Gasteiger partial charge in [-0.3, -0.25) is 4.79 Å². The molecule has 0 aliphatic carbocycles. The molecule has 1 unspecified atom stereocenters. The lowest BCUT2D eigenvalue weighted by atomic mass is 10.1. The van der Waals surface area contributed by atoms with E-state index in [4.69, 9.17) is 9.52 Å². The molecule has 0 aromatic carbocycles. The molecule has 0 fully saturated rings. The molecule has 0 bridgehead atoms. The van der Waals surface area contributed by atoms with Gasteiger partial charge in [-0.25, -0.2) is 9.78 Å². The molecular formula is C12H12N2O5S. The highest BCUT2D eigenvalue weighted by atomic mass is 32.1. The van der Waals surface area contributed by atoms with Gasteiger partial charge in [0.15, 0.2) is 5.60 Å². The van der Waals surface area contributed by atoms with Crippen LogP contribution in [0.5, 0.6) is 0 Å². The van der Waals surface area contributed by atoms with Gasteiger partial charge < -0.3 is 19.9 Å². The third-order valence-corrected chi connectivity index (χ3v) is 3.45. The van der Waals surface area contributed by atoms with Crippen molar-refractivity contribution in [1.82, 2.24) is 10.3 Å². The fraction of sp³-hybridized carbons (Fsp3) is 0.250. The van der Waals surface area contributed by atoms with Crippen LogP contribution in [0.3, 0.4) is 0 Å². The minimum atomic E-state index is -2.01. The topological polar surface area (TPSA) is 113 Å². The SMILES string of the molecule is CC(O)(CNC(=O)c1csc(-c2ccoc2)n1)C(=O)O. The second-order valence-corrected chi connectivity index (χ2v) is 5.17. The minimum absolute atomic E-state index is 0.160. The van der Waals surface area contributed by atoms with Crippen molar-refractivity contribution < 1.29 is 24.2 Å². The Hall–Kier alpha value is -2.19. The van der Waals surface area contributed by atoms with Crippen LogP contribution in [0.2, 0.25) is 0 Å². The maximum Gasteiger partial charge on any atom is 0.337 e. The monoisotopic (exact) mass is 296 g/mol. The lowest BCUT2D eigenvalue weighted by Gasteiger charge is -2.17. The van der Waals surface area contributed by atoms with Crippen LogP contribution in [0.4, 0.5) is 0 Å². The molecule has 2 aromatic heterocycles. The van der Waals surface area contributed by atoms with E-state index in [9.17, 15) is 14.7 Å². The van der Waals surface area contributed by atoms with Gasteiger partial charge >= 0.3 is 5.97 Å². The quantitative estimate of drug-likeness (QED) is 0.757. The van der Waals surface area contributed by atoms with E-state index in [1.54, 1.807) is 11.4 Å². The predicted octanol–water partition coefficient (Wildman–Crippen LogP) is 0.969. The standard InChI is InChI=1S/C12H12N2O5S/c1-12(18,11(16)17)6-13-9(15)8-5-20-10(14-8)7-2-3-19-4-7/h2-5,18H,6H2,1H3,(H,13,15)(H,16,17). The largest absolute Gasteiger partial charge is 0.479 e. The maximum absolute atomic E-state index is 11.8. The van der Waals surface area contributed by atoms with Crippen LogP contribution < -0.4 is 5.32 Å². The van der Waals surface area contributed by atoms with Crippen molar-refractivity contribution in [3.05, 3.63) is 29.7 Å². The number of rotatable bonds is 5. The van der Waals surface area contributed by atoms with E-state index >= 15 is 0 Å². The van der Waals surface area contributed by atoms with E-state index in [0.717, 1.165) is 12.5 Å². The zero-order valence-electron chi connectivity index (χ0n) is 10.5. The second kappa shape index (κ2) is 5.43. The number of hydrogen-bond donors (Lipinski definition) is 3. The number of furan rings is 1. The maximum atomic E-state index is 11.8. The van der Waals surface area contributed by atoms with Crippen LogP contribution in [0.15, 0.2) is 28.4 Å². The number of carbonyl (C=O) groups excluding carboxylic acids is 1. The molecule has 1 amide bonds. The number of aliphatic hydroxyl groups is 1. The Morgan fingerprint density at radius 2 is 2.30 bits per heavy atom. The number of carboxylic acid groups (broad SMARTS) is 1. The Morgan fingerprint density at radius 1 is 1.55 bits per heavy atom. The van der Waals surface area contributed by atoms with Crippen molar-refractivity contribution in [1.29, 1.82) is 0 Å². The molecule has 0 saturated heterocycles. The normalized spacial score (nSPS) is 13.7. The first-order valence-electron chi connectivity index (χ1n) is 5.62. The Labute approximate surface area is 117 Å². The molecule has 0 aliphatic heterocycles. The third-order valence-electron chi connectivity index (χ3n) is 2.56. The third kappa shape index (κ3) is 3.03. The highest BCUT2D eigenvalue weighted by molar-refractivity contribution is 7.13. The molecule has 2 rings (SSSR count). The lowest BCUT2D eigenvalue weighted by Crippen LogP contribution is -2.46. The highest BCUT2D eigenvalue weighted by Crippen LogP contribution is 2.23. The lowest BCUT2D eigenvalue weighted by molar-refractivity contribution is -0.155. The minimum Gasteiger partial charge on any atom is -0.479 e. The summed E-state index contributed by atoms with van der Waals surface area (Å²) >= 11 is 1.26. The van der Waals surface area contributed by atoms with Gasteiger partial charge in [-0.15, -0.1) is 11.3 Å². The molecule has 7 nitrogen and oxygen atoms in total. The zero-order valence-corrected chi connectivity index (χ0v) is 11.3. The molecule has 3 N–H and O–H groups in total. The summed E-state index contributed by atoms with van der Waals surface area (Å²) in [6, 6.07) is 1.72. The van der Waals surface area contributed by atoms with Gasteiger partial charge in [-0.05, 0) is 13.0 Å². The first-order chi connectivity index (χ1) is 9.40. The number of aliphatic carboxylic acids is 1. The fourth-order valence-electron chi connectivity index (χ4n) is 1.32. The summed E-state index contributed by atoms with van der Waals surface area (Å²) in [5, 5.41) is 22.7. The van der Waals surface area contributed by atoms with Gasteiger partial charge in [0.25, 0.3) is 5.91 Å². The Balaban J connectivity index is 2.02. The van der Waals surface area contributed by atoms with E-state index in [0.29, 0.717) is 5.01 Å². The number of nitrogens with one attached hydrogen (secondary N) is 1. The summed E-state index contributed by atoms with van der Waals surface area (Å²) in [5.41, 5.74) is -1.10. The number of carboxylic acids is 1. The number of aromatic nitrogens is 1. The Morgan fingerprint density at radius 3 is 2.90 bits per heavy atom. The predicted molar refractivity (Wildman–Crippen MR) is 70.4 cm³/mol. The van der Waals surface area contributed by atoms with E-state index < -0.39 is 24.0 Å². The van der Waals surface area contributed by atoms with Crippen molar-refractivity contribution in [3.63, 3.8) is 0 Å². The van der Waals surface area contributed by atoms with E-state index in [2.05, 4.69) is 10.3 Å². The zero-order chi connectivity index (χ0) is 14.8. The Kier molecular flexibility index (Phi) is 3.86. The molecule has 0 saturated carbocycles. The molecule has 0 spiro atoms. The summed E-state index contributed by atoms with van der Waals surface area (Å²) in [6.45, 7) is 0.702. The number of hydrogen-bond acceptors (Lipinski definition) is 6. The van der Waals surface area contributed by atoms with Gasteiger partial charge in [0.05, 0.1) is 12.8 Å². The van der Waals surface area contributed by atoms with E-state index in [1.807, 2.05) is 0 Å².